The Labute approximate surface area is 101 Å². The van der Waals surface area contributed by atoms with Gasteiger partial charge in [-0.1, -0.05) is 6.07 Å². The van der Waals surface area contributed by atoms with Gasteiger partial charge in [0.1, 0.15) is 0 Å². The van der Waals surface area contributed by atoms with Gasteiger partial charge in [0.15, 0.2) is 0 Å². The molecule has 1 atom stereocenters. The molecule has 2 heterocycles. The van der Waals surface area contributed by atoms with E-state index in [-0.39, 0.29) is 5.91 Å². The van der Waals surface area contributed by atoms with E-state index in [1.807, 2.05) is 22.4 Å². The number of hydrogen-bond donors (Lipinski definition) is 0. The van der Waals surface area contributed by atoms with Gasteiger partial charge in [0.25, 0.3) is 0 Å². The number of nitrogens with zero attached hydrogens (tertiary/aromatic N) is 2. The molecule has 2 rings (SSSR count). The molecule has 1 unspecified atom stereocenters. The molecule has 3 nitrogen and oxygen atoms in total. The predicted molar refractivity (Wildman–Crippen MR) is 66.7 cm³/mol. The number of likely N-dealkylation sites (N-methyl/N-ethyl adjacent to an activating group) is 1. The summed E-state index contributed by atoms with van der Waals surface area (Å²) in [6.07, 6.45) is 0.564. The molecule has 1 fully saturated rings. The van der Waals surface area contributed by atoms with Gasteiger partial charge in [-0.05, 0) is 25.4 Å². The van der Waals surface area contributed by atoms with Crippen LogP contribution < -0.4 is 0 Å². The van der Waals surface area contributed by atoms with Crippen molar-refractivity contribution in [2.75, 3.05) is 26.7 Å². The van der Waals surface area contributed by atoms with Crippen LogP contribution in [0.1, 0.15) is 11.8 Å². The summed E-state index contributed by atoms with van der Waals surface area (Å²) >= 11 is 1.66. The Hall–Kier alpha value is -0.870. The number of thiophene rings is 1. The van der Waals surface area contributed by atoms with Gasteiger partial charge in [-0.3, -0.25) is 4.79 Å². The molecule has 1 aliphatic rings. The quantitative estimate of drug-likeness (QED) is 0.778. The molecule has 0 spiro atoms. The Bertz CT molecular complexity index is 350. The summed E-state index contributed by atoms with van der Waals surface area (Å²) in [5, 5.41) is 2.02. The van der Waals surface area contributed by atoms with Gasteiger partial charge in [-0.15, -0.1) is 11.3 Å². The smallest absolute Gasteiger partial charge is 0.227 e. The molecule has 0 radical (unpaired) electrons. The maximum Gasteiger partial charge on any atom is 0.227 e. The number of hydrogen-bond acceptors (Lipinski definition) is 3. The minimum atomic E-state index is 0.266. The van der Waals surface area contributed by atoms with Gasteiger partial charge >= 0.3 is 0 Å². The van der Waals surface area contributed by atoms with E-state index in [0.29, 0.717) is 12.5 Å². The fourth-order valence-electron chi connectivity index (χ4n) is 1.95. The molecule has 1 aliphatic heterocycles. The first kappa shape index (κ1) is 11.6. The van der Waals surface area contributed by atoms with E-state index in [1.54, 1.807) is 11.3 Å². The maximum atomic E-state index is 12.0. The van der Waals surface area contributed by atoms with Crippen molar-refractivity contribution in [3.8, 4) is 0 Å². The van der Waals surface area contributed by atoms with E-state index in [2.05, 4.69) is 18.9 Å². The maximum absolute atomic E-state index is 12.0. The summed E-state index contributed by atoms with van der Waals surface area (Å²) in [6, 6.07) is 4.50. The molecule has 4 heteroatoms. The fraction of sp³-hybridized carbons (Fsp3) is 0.583. The Morgan fingerprint density at radius 3 is 3.00 bits per heavy atom. The van der Waals surface area contributed by atoms with Crippen LogP contribution in [0.5, 0.6) is 0 Å². The standard InChI is InChI=1S/C12H18N2OS/c1-10-9-14(6-5-13(10)2)12(15)8-11-4-3-7-16-11/h3-4,7,10H,5-6,8-9H2,1-2H3. The molecule has 1 aromatic heterocycles. The van der Waals surface area contributed by atoms with Crippen LogP contribution in [0, 0.1) is 0 Å². The Morgan fingerprint density at radius 2 is 2.38 bits per heavy atom. The van der Waals surface area contributed by atoms with Crippen LogP contribution in [0.4, 0.5) is 0 Å². The molecule has 1 aromatic rings. The molecule has 1 saturated heterocycles. The van der Waals surface area contributed by atoms with Crippen molar-refractivity contribution >= 4 is 17.2 Å². The highest BCUT2D eigenvalue weighted by Gasteiger charge is 2.24. The fourth-order valence-corrected chi connectivity index (χ4v) is 2.64. The number of carbonyl (C=O) groups excluding carboxylic acids is 1. The van der Waals surface area contributed by atoms with Crippen molar-refractivity contribution in [2.24, 2.45) is 0 Å². The van der Waals surface area contributed by atoms with Crippen LogP contribution in [0.15, 0.2) is 17.5 Å². The molecule has 16 heavy (non-hydrogen) atoms. The average molecular weight is 238 g/mol. The van der Waals surface area contributed by atoms with Gasteiger partial charge in [0, 0.05) is 30.6 Å². The van der Waals surface area contributed by atoms with E-state index < -0.39 is 0 Å². The van der Waals surface area contributed by atoms with Crippen LogP contribution in [-0.4, -0.2) is 48.4 Å². The van der Waals surface area contributed by atoms with E-state index in [4.69, 9.17) is 0 Å². The lowest BCUT2D eigenvalue weighted by atomic mass is 10.2. The zero-order valence-corrected chi connectivity index (χ0v) is 10.7. The normalized spacial score (nSPS) is 22.4. The monoisotopic (exact) mass is 238 g/mol. The Morgan fingerprint density at radius 1 is 1.56 bits per heavy atom. The topological polar surface area (TPSA) is 23.6 Å². The first-order valence-corrected chi connectivity index (χ1v) is 6.55. The molecular formula is C12H18N2OS. The summed E-state index contributed by atoms with van der Waals surface area (Å²) in [7, 11) is 2.12. The zero-order valence-electron chi connectivity index (χ0n) is 9.85. The molecule has 0 bridgehead atoms. The number of piperazine rings is 1. The van der Waals surface area contributed by atoms with E-state index in [9.17, 15) is 4.79 Å². The van der Waals surface area contributed by atoms with Crippen molar-refractivity contribution < 1.29 is 4.79 Å². The lowest BCUT2D eigenvalue weighted by Gasteiger charge is -2.37. The molecular weight excluding hydrogens is 220 g/mol. The molecule has 0 N–H and O–H groups in total. The Balaban J connectivity index is 1.90. The number of amides is 1. The minimum Gasteiger partial charge on any atom is -0.340 e. The van der Waals surface area contributed by atoms with Gasteiger partial charge in [0.2, 0.25) is 5.91 Å². The zero-order chi connectivity index (χ0) is 11.5. The van der Waals surface area contributed by atoms with Crippen LogP contribution >= 0.6 is 11.3 Å². The van der Waals surface area contributed by atoms with Gasteiger partial charge in [-0.2, -0.15) is 0 Å². The van der Waals surface area contributed by atoms with E-state index in [1.165, 1.54) is 0 Å². The summed E-state index contributed by atoms with van der Waals surface area (Å²) in [6.45, 7) is 4.88. The largest absolute Gasteiger partial charge is 0.340 e. The number of rotatable bonds is 2. The molecule has 0 saturated carbocycles. The van der Waals surface area contributed by atoms with Crippen LogP contribution in [-0.2, 0) is 11.2 Å². The second-order valence-electron chi connectivity index (χ2n) is 4.43. The average Bonchev–Trinajstić information content (AvgIpc) is 2.74. The first-order chi connectivity index (χ1) is 7.66. The molecule has 0 aromatic carbocycles. The summed E-state index contributed by atoms with van der Waals surface area (Å²) < 4.78 is 0. The summed E-state index contributed by atoms with van der Waals surface area (Å²) in [5.41, 5.74) is 0. The third-order valence-corrected chi connectivity index (χ3v) is 4.09. The number of carbonyl (C=O) groups is 1. The highest BCUT2D eigenvalue weighted by molar-refractivity contribution is 7.10. The first-order valence-electron chi connectivity index (χ1n) is 5.67. The molecule has 1 amide bonds. The van der Waals surface area contributed by atoms with Crippen LogP contribution in [0.2, 0.25) is 0 Å². The highest BCUT2D eigenvalue weighted by atomic mass is 32.1. The lowest BCUT2D eigenvalue weighted by Crippen LogP contribution is -2.52. The summed E-state index contributed by atoms with van der Waals surface area (Å²) in [5.74, 6) is 0.266. The van der Waals surface area contributed by atoms with Crippen molar-refractivity contribution in [3.05, 3.63) is 22.4 Å². The van der Waals surface area contributed by atoms with Gasteiger partial charge in [0.05, 0.1) is 6.42 Å². The van der Waals surface area contributed by atoms with Gasteiger partial charge in [-0.25, -0.2) is 0 Å². The lowest BCUT2D eigenvalue weighted by molar-refractivity contribution is -0.133. The van der Waals surface area contributed by atoms with E-state index in [0.717, 1.165) is 24.5 Å². The van der Waals surface area contributed by atoms with Crippen LogP contribution in [0.3, 0.4) is 0 Å². The van der Waals surface area contributed by atoms with Crippen molar-refractivity contribution in [3.63, 3.8) is 0 Å². The summed E-state index contributed by atoms with van der Waals surface area (Å²) in [4.78, 5) is 17.5. The second-order valence-corrected chi connectivity index (χ2v) is 5.46. The van der Waals surface area contributed by atoms with Crippen molar-refractivity contribution in [1.29, 1.82) is 0 Å². The van der Waals surface area contributed by atoms with Crippen molar-refractivity contribution in [1.82, 2.24) is 9.80 Å². The van der Waals surface area contributed by atoms with Crippen LogP contribution in [0.25, 0.3) is 0 Å². The predicted octanol–water partition coefficient (Wildman–Crippen LogP) is 1.45. The Kier molecular flexibility index (Phi) is 3.61. The third-order valence-electron chi connectivity index (χ3n) is 3.22. The minimum absolute atomic E-state index is 0.266. The third kappa shape index (κ3) is 2.62. The van der Waals surface area contributed by atoms with E-state index >= 15 is 0 Å². The molecule has 88 valence electrons. The SMILES string of the molecule is CC1CN(C(=O)Cc2cccs2)CCN1C. The highest BCUT2D eigenvalue weighted by Crippen LogP contribution is 2.13. The molecule has 0 aliphatic carbocycles. The van der Waals surface area contributed by atoms with Crippen molar-refractivity contribution in [2.45, 2.75) is 19.4 Å². The van der Waals surface area contributed by atoms with Gasteiger partial charge < -0.3 is 9.80 Å². The second kappa shape index (κ2) is 4.97.